The summed E-state index contributed by atoms with van der Waals surface area (Å²) in [6, 6.07) is 10.3. The van der Waals surface area contributed by atoms with Gasteiger partial charge in [-0.05, 0) is 35.9 Å². The van der Waals surface area contributed by atoms with Gasteiger partial charge in [0, 0.05) is 19.5 Å². The molecule has 7 nitrogen and oxygen atoms in total. The van der Waals surface area contributed by atoms with Gasteiger partial charge in [-0.1, -0.05) is 17.7 Å². The first kappa shape index (κ1) is 17.7. The Morgan fingerprint density at radius 2 is 2.00 bits per heavy atom. The fraction of sp³-hybridized carbons (Fsp3) is 0.118. The number of aryl methyl sites for hydroxylation is 1. The van der Waals surface area contributed by atoms with Crippen molar-refractivity contribution >= 4 is 23.3 Å². The predicted molar refractivity (Wildman–Crippen MR) is 93.7 cm³/mol. The summed E-state index contributed by atoms with van der Waals surface area (Å²) < 4.78 is 14.2. The van der Waals surface area contributed by atoms with E-state index in [1.807, 2.05) is 0 Å². The van der Waals surface area contributed by atoms with Crippen LogP contribution in [0.1, 0.15) is 21.7 Å². The van der Waals surface area contributed by atoms with Gasteiger partial charge in [-0.3, -0.25) is 9.59 Å². The third kappa shape index (κ3) is 4.09. The van der Waals surface area contributed by atoms with Crippen molar-refractivity contribution in [3.63, 3.8) is 0 Å². The lowest BCUT2D eigenvalue weighted by molar-refractivity contribution is 0.101. The molecule has 0 saturated carbocycles. The van der Waals surface area contributed by atoms with E-state index in [1.165, 1.54) is 31.3 Å². The minimum Gasteiger partial charge on any atom is -0.304 e. The fourth-order valence-corrected chi connectivity index (χ4v) is 2.39. The van der Waals surface area contributed by atoms with Crippen LogP contribution in [0.4, 0.5) is 10.2 Å². The summed E-state index contributed by atoms with van der Waals surface area (Å²) >= 11 is 5.76. The van der Waals surface area contributed by atoms with E-state index in [-0.39, 0.29) is 22.1 Å². The van der Waals surface area contributed by atoms with Crippen LogP contribution in [0.5, 0.6) is 0 Å². The van der Waals surface area contributed by atoms with Gasteiger partial charge < -0.3 is 5.32 Å². The molecule has 2 aromatic heterocycles. The zero-order chi connectivity index (χ0) is 18.7. The standard InChI is InChI=1S/C17H13ClFN5O2/c1-24-16(25)7-5-14(23-24)17(26)20-15-6-3-11(21-22-15)8-10-2-4-13(19)12(18)9-10/h2-7,9H,8H2,1H3,(H,20,22,26). The third-order valence-electron chi connectivity index (χ3n) is 3.52. The average Bonchev–Trinajstić information content (AvgIpc) is 2.62. The molecule has 2 heterocycles. The Morgan fingerprint density at radius 1 is 1.19 bits per heavy atom. The molecule has 0 radical (unpaired) electrons. The first-order chi connectivity index (χ1) is 12.4. The van der Waals surface area contributed by atoms with Crippen LogP contribution < -0.4 is 10.9 Å². The first-order valence-corrected chi connectivity index (χ1v) is 7.92. The number of nitrogens with zero attached hydrogens (tertiary/aromatic N) is 4. The summed E-state index contributed by atoms with van der Waals surface area (Å²) in [5.74, 6) is -0.744. The smallest absolute Gasteiger partial charge is 0.277 e. The molecule has 0 bridgehead atoms. The van der Waals surface area contributed by atoms with E-state index in [4.69, 9.17) is 11.6 Å². The van der Waals surface area contributed by atoms with E-state index in [9.17, 15) is 14.0 Å². The van der Waals surface area contributed by atoms with Gasteiger partial charge in [0.1, 0.15) is 11.5 Å². The molecule has 1 amide bonds. The van der Waals surface area contributed by atoms with E-state index in [1.54, 1.807) is 18.2 Å². The van der Waals surface area contributed by atoms with Gasteiger partial charge >= 0.3 is 0 Å². The molecule has 0 aliphatic heterocycles. The van der Waals surface area contributed by atoms with E-state index in [2.05, 4.69) is 20.6 Å². The second-order valence-corrected chi connectivity index (χ2v) is 5.88. The minimum atomic E-state index is -0.507. The van der Waals surface area contributed by atoms with Crippen molar-refractivity contribution in [2.75, 3.05) is 5.32 Å². The number of halogens is 2. The van der Waals surface area contributed by atoms with Crippen LogP contribution >= 0.6 is 11.6 Å². The molecule has 26 heavy (non-hydrogen) atoms. The Hall–Kier alpha value is -3.13. The predicted octanol–water partition coefficient (Wildman–Crippen LogP) is 2.21. The molecule has 1 aromatic carbocycles. The van der Waals surface area contributed by atoms with Crippen molar-refractivity contribution < 1.29 is 9.18 Å². The van der Waals surface area contributed by atoms with Crippen LogP contribution in [0, 0.1) is 5.82 Å². The van der Waals surface area contributed by atoms with Gasteiger partial charge in [-0.25, -0.2) is 9.07 Å². The highest BCUT2D eigenvalue weighted by Gasteiger charge is 2.10. The summed E-state index contributed by atoms with van der Waals surface area (Å²) in [6.45, 7) is 0. The summed E-state index contributed by atoms with van der Waals surface area (Å²) in [5.41, 5.74) is 1.19. The maximum Gasteiger partial charge on any atom is 0.277 e. The molecule has 0 fully saturated rings. The van der Waals surface area contributed by atoms with E-state index in [0.29, 0.717) is 12.1 Å². The van der Waals surface area contributed by atoms with Gasteiger partial charge in [-0.15, -0.1) is 5.10 Å². The van der Waals surface area contributed by atoms with Crippen LogP contribution in [-0.2, 0) is 13.5 Å². The number of hydrogen-bond donors (Lipinski definition) is 1. The monoisotopic (exact) mass is 373 g/mol. The molecular weight excluding hydrogens is 361 g/mol. The largest absolute Gasteiger partial charge is 0.304 e. The van der Waals surface area contributed by atoms with E-state index < -0.39 is 11.7 Å². The highest BCUT2D eigenvalue weighted by atomic mass is 35.5. The lowest BCUT2D eigenvalue weighted by Gasteiger charge is -2.06. The van der Waals surface area contributed by atoms with Crippen LogP contribution in [0.2, 0.25) is 5.02 Å². The fourth-order valence-electron chi connectivity index (χ4n) is 2.18. The quantitative estimate of drug-likeness (QED) is 0.757. The summed E-state index contributed by atoms with van der Waals surface area (Å²) in [5, 5.41) is 14.4. The van der Waals surface area contributed by atoms with Crippen molar-refractivity contribution in [3.05, 3.63) is 80.6 Å². The van der Waals surface area contributed by atoms with Crippen molar-refractivity contribution in [3.8, 4) is 0 Å². The van der Waals surface area contributed by atoms with Crippen molar-refractivity contribution in [1.29, 1.82) is 0 Å². The highest BCUT2D eigenvalue weighted by Crippen LogP contribution is 2.18. The second-order valence-electron chi connectivity index (χ2n) is 5.47. The molecule has 0 saturated heterocycles. The van der Waals surface area contributed by atoms with Crippen molar-refractivity contribution in [2.45, 2.75) is 6.42 Å². The zero-order valence-electron chi connectivity index (χ0n) is 13.6. The number of hydrogen-bond acceptors (Lipinski definition) is 5. The number of benzene rings is 1. The third-order valence-corrected chi connectivity index (χ3v) is 3.81. The molecule has 0 atom stereocenters. The molecule has 0 spiro atoms. The number of carbonyl (C=O) groups is 1. The Kier molecular flexibility index (Phi) is 5.04. The van der Waals surface area contributed by atoms with Gasteiger partial charge in [-0.2, -0.15) is 10.2 Å². The molecule has 3 aromatic rings. The molecule has 0 aliphatic rings. The normalized spacial score (nSPS) is 10.6. The van der Waals surface area contributed by atoms with E-state index in [0.717, 1.165) is 10.2 Å². The average molecular weight is 374 g/mol. The van der Waals surface area contributed by atoms with Crippen LogP contribution in [0.3, 0.4) is 0 Å². The molecule has 132 valence electrons. The number of nitrogens with one attached hydrogen (secondary N) is 1. The van der Waals surface area contributed by atoms with Crippen molar-refractivity contribution in [1.82, 2.24) is 20.0 Å². The Morgan fingerprint density at radius 3 is 2.65 bits per heavy atom. The maximum atomic E-state index is 13.2. The van der Waals surface area contributed by atoms with Crippen LogP contribution in [0.15, 0.2) is 47.3 Å². The summed E-state index contributed by atoms with van der Waals surface area (Å²) in [4.78, 5) is 23.4. The van der Waals surface area contributed by atoms with Crippen molar-refractivity contribution in [2.24, 2.45) is 7.05 Å². The van der Waals surface area contributed by atoms with Crippen LogP contribution in [0.25, 0.3) is 0 Å². The zero-order valence-corrected chi connectivity index (χ0v) is 14.4. The van der Waals surface area contributed by atoms with Gasteiger partial charge in [0.15, 0.2) is 5.82 Å². The van der Waals surface area contributed by atoms with Gasteiger partial charge in [0.05, 0.1) is 10.7 Å². The minimum absolute atomic E-state index is 0.0455. The van der Waals surface area contributed by atoms with Crippen LogP contribution in [-0.4, -0.2) is 25.9 Å². The molecule has 1 N–H and O–H groups in total. The topological polar surface area (TPSA) is 89.8 Å². The Labute approximate surface area is 152 Å². The summed E-state index contributed by atoms with van der Waals surface area (Å²) in [6.07, 6.45) is 0.420. The molecule has 0 aliphatic carbocycles. The number of aromatic nitrogens is 4. The number of carbonyl (C=O) groups excluding carboxylic acids is 1. The summed E-state index contributed by atoms with van der Waals surface area (Å²) in [7, 11) is 1.45. The molecule has 9 heteroatoms. The molecule has 3 rings (SSSR count). The highest BCUT2D eigenvalue weighted by molar-refractivity contribution is 6.30. The van der Waals surface area contributed by atoms with E-state index >= 15 is 0 Å². The molecular formula is C17H13ClFN5O2. The SMILES string of the molecule is Cn1nc(C(=O)Nc2ccc(Cc3ccc(F)c(Cl)c3)nn2)ccc1=O. The maximum absolute atomic E-state index is 13.2. The van der Waals surface area contributed by atoms with Gasteiger partial charge in [0.2, 0.25) is 0 Å². The Balaban J connectivity index is 1.68. The number of rotatable bonds is 4. The lowest BCUT2D eigenvalue weighted by atomic mass is 10.1. The number of amides is 1. The van der Waals surface area contributed by atoms with Gasteiger partial charge in [0.25, 0.3) is 11.5 Å². The lowest BCUT2D eigenvalue weighted by Crippen LogP contribution is -2.23. The number of anilines is 1. The Bertz CT molecular complexity index is 1020. The first-order valence-electron chi connectivity index (χ1n) is 7.54. The molecule has 0 unspecified atom stereocenters. The second kappa shape index (κ2) is 7.40.